The number of Topliss-reactive ketones (excluding diaryl/α,β-unsaturated/α-hetero) is 2. The first-order valence-electron chi connectivity index (χ1n) is 7.66. The van der Waals surface area contributed by atoms with Crippen LogP contribution in [0, 0.1) is 5.92 Å². The van der Waals surface area contributed by atoms with Crippen molar-refractivity contribution in [3.63, 3.8) is 0 Å². The average Bonchev–Trinajstić information content (AvgIpc) is 2.56. The number of hydrogen-bond donors (Lipinski definition) is 0. The molecule has 0 aromatic carbocycles. The Balaban J connectivity index is 4.53. The number of azide groups is 1. The molecule has 0 fully saturated rings. The van der Waals surface area contributed by atoms with Gasteiger partial charge in [0.1, 0.15) is 12.8 Å². The van der Waals surface area contributed by atoms with Gasteiger partial charge in [-0.1, -0.05) is 24.4 Å². The third-order valence-corrected chi connectivity index (χ3v) is 3.43. The van der Waals surface area contributed by atoms with E-state index in [1.807, 2.05) is 0 Å². The number of ether oxygens (including phenoxy) is 2. The molecule has 9 nitrogen and oxygen atoms in total. The van der Waals surface area contributed by atoms with Gasteiger partial charge in [0, 0.05) is 11.5 Å². The highest BCUT2D eigenvalue weighted by atomic mass is 16.5. The molecule has 0 heterocycles. The van der Waals surface area contributed by atoms with Crippen LogP contribution in [0.2, 0.25) is 0 Å². The monoisotopic (exact) mass is 341 g/mol. The first-order chi connectivity index (χ1) is 11.5. The van der Waals surface area contributed by atoms with Crippen LogP contribution in [0.15, 0.2) is 5.11 Å². The molecule has 0 bridgehead atoms. The fraction of sp³-hybridized carbons (Fsp3) is 0.733. The second kappa shape index (κ2) is 13.1. The molecule has 0 aliphatic heterocycles. The number of hydrogen-bond acceptors (Lipinski definition) is 7. The van der Waals surface area contributed by atoms with Crippen molar-refractivity contribution < 1.29 is 28.7 Å². The Hall–Kier alpha value is -2.41. The Morgan fingerprint density at radius 1 is 0.917 bits per heavy atom. The molecule has 24 heavy (non-hydrogen) atoms. The van der Waals surface area contributed by atoms with E-state index in [1.165, 1.54) is 0 Å². The van der Waals surface area contributed by atoms with E-state index in [9.17, 15) is 19.2 Å². The Bertz CT molecular complexity index is 469. The van der Waals surface area contributed by atoms with Crippen molar-refractivity contribution in [1.82, 2.24) is 0 Å². The lowest BCUT2D eigenvalue weighted by atomic mass is 9.89. The molecule has 0 spiro atoms. The molecule has 0 N–H and O–H groups in total. The van der Waals surface area contributed by atoms with Gasteiger partial charge in [-0.25, -0.2) is 0 Å². The largest absolute Gasteiger partial charge is 0.469 e. The number of unbranched alkanes of at least 4 members (excludes halogenated alkanes) is 3. The lowest BCUT2D eigenvalue weighted by Crippen LogP contribution is -2.28. The quantitative estimate of drug-likeness (QED) is 0.126. The molecule has 0 aliphatic carbocycles. The molecule has 134 valence electrons. The number of methoxy groups -OCH3 is 2. The minimum Gasteiger partial charge on any atom is -0.469 e. The summed E-state index contributed by atoms with van der Waals surface area (Å²) >= 11 is 0. The number of rotatable bonds is 13. The van der Waals surface area contributed by atoms with Crippen LogP contribution in [0.3, 0.4) is 0 Å². The lowest BCUT2D eigenvalue weighted by Gasteiger charge is -2.13. The minimum atomic E-state index is -1.01. The molecular weight excluding hydrogens is 318 g/mol. The summed E-state index contributed by atoms with van der Waals surface area (Å²) in [5.74, 6) is -3.55. The van der Waals surface area contributed by atoms with E-state index in [-0.39, 0.29) is 6.42 Å². The predicted molar refractivity (Wildman–Crippen MR) is 83.9 cm³/mol. The Labute approximate surface area is 140 Å². The van der Waals surface area contributed by atoms with Crippen LogP contribution in [0.5, 0.6) is 0 Å². The van der Waals surface area contributed by atoms with Crippen molar-refractivity contribution in [3.8, 4) is 0 Å². The van der Waals surface area contributed by atoms with Gasteiger partial charge in [0.2, 0.25) is 0 Å². The molecule has 0 atom stereocenters. The highest BCUT2D eigenvalue weighted by molar-refractivity contribution is 6.11. The summed E-state index contributed by atoms with van der Waals surface area (Å²) < 4.78 is 8.86. The zero-order chi connectivity index (χ0) is 18.4. The molecule has 0 aliphatic rings. The average molecular weight is 341 g/mol. The second-order valence-electron chi connectivity index (χ2n) is 5.15. The topological polar surface area (TPSA) is 136 Å². The predicted octanol–water partition coefficient (Wildman–Crippen LogP) is 2.13. The third-order valence-electron chi connectivity index (χ3n) is 3.43. The number of nitrogens with zero attached hydrogens (tertiary/aromatic N) is 3. The van der Waals surface area contributed by atoms with E-state index in [1.54, 1.807) is 0 Å². The summed E-state index contributed by atoms with van der Waals surface area (Å²) in [6.07, 6.45) is 2.11. The third kappa shape index (κ3) is 9.58. The van der Waals surface area contributed by atoms with Gasteiger partial charge in [-0.3, -0.25) is 19.2 Å². The maximum atomic E-state index is 12.1. The normalized spacial score (nSPS) is 9.96. The van der Waals surface area contributed by atoms with Gasteiger partial charge in [0.15, 0.2) is 11.6 Å². The van der Waals surface area contributed by atoms with Crippen LogP contribution in [-0.4, -0.2) is 44.3 Å². The SMILES string of the molecule is COC(=O)CC(=O)C(CCCCCCN=[N+]=[N-])C(=O)CC(=O)OC. The summed E-state index contributed by atoms with van der Waals surface area (Å²) in [5.41, 5.74) is 8.16. The zero-order valence-corrected chi connectivity index (χ0v) is 14.0. The maximum absolute atomic E-state index is 12.1. The highest BCUT2D eigenvalue weighted by Crippen LogP contribution is 2.17. The number of esters is 2. The van der Waals surface area contributed by atoms with Gasteiger partial charge >= 0.3 is 11.9 Å². The van der Waals surface area contributed by atoms with Crippen LogP contribution in [0.4, 0.5) is 0 Å². The van der Waals surface area contributed by atoms with E-state index >= 15 is 0 Å². The van der Waals surface area contributed by atoms with Gasteiger partial charge in [0.25, 0.3) is 0 Å². The smallest absolute Gasteiger partial charge is 0.313 e. The van der Waals surface area contributed by atoms with Crippen LogP contribution in [0.25, 0.3) is 10.4 Å². The van der Waals surface area contributed by atoms with E-state index in [2.05, 4.69) is 19.5 Å². The zero-order valence-electron chi connectivity index (χ0n) is 14.0. The maximum Gasteiger partial charge on any atom is 0.313 e. The highest BCUT2D eigenvalue weighted by Gasteiger charge is 2.29. The van der Waals surface area contributed by atoms with Crippen LogP contribution < -0.4 is 0 Å². The molecule has 0 saturated carbocycles. The molecule has 0 aromatic heterocycles. The number of ketones is 2. The molecule has 0 aromatic rings. The summed E-state index contributed by atoms with van der Waals surface area (Å²) in [4.78, 5) is 49.3. The van der Waals surface area contributed by atoms with Crippen LogP contribution in [-0.2, 0) is 28.7 Å². The minimum absolute atomic E-state index is 0.257. The fourth-order valence-electron chi connectivity index (χ4n) is 2.11. The summed E-state index contributed by atoms with van der Waals surface area (Å²) in [6, 6.07) is 0. The summed E-state index contributed by atoms with van der Waals surface area (Å²) in [7, 11) is 2.31. The Morgan fingerprint density at radius 3 is 1.88 bits per heavy atom. The molecular formula is C15H23N3O6. The Morgan fingerprint density at radius 2 is 1.42 bits per heavy atom. The van der Waals surface area contributed by atoms with E-state index in [0.717, 1.165) is 33.5 Å². The Kier molecular flexibility index (Phi) is 11.8. The van der Waals surface area contributed by atoms with Crippen molar-refractivity contribution in [2.24, 2.45) is 11.0 Å². The standard InChI is InChI=1S/C15H23N3O6/c1-23-14(21)9-12(19)11(13(20)10-15(22)24-2)7-5-3-4-6-8-17-18-16/h11H,3-10H2,1-2H3. The van der Waals surface area contributed by atoms with Crippen molar-refractivity contribution in [2.75, 3.05) is 20.8 Å². The molecule has 0 radical (unpaired) electrons. The van der Waals surface area contributed by atoms with E-state index in [0.29, 0.717) is 13.0 Å². The fourth-order valence-corrected chi connectivity index (χ4v) is 2.11. The van der Waals surface area contributed by atoms with Crippen LogP contribution >= 0.6 is 0 Å². The number of carbonyl (C=O) groups excluding carboxylic acids is 4. The molecule has 0 unspecified atom stereocenters. The van der Waals surface area contributed by atoms with Crippen molar-refractivity contribution in [1.29, 1.82) is 0 Å². The van der Waals surface area contributed by atoms with Gasteiger partial charge in [-0.05, 0) is 18.4 Å². The summed E-state index contributed by atoms with van der Waals surface area (Å²) in [6.45, 7) is 0.405. The van der Waals surface area contributed by atoms with Crippen molar-refractivity contribution in [3.05, 3.63) is 10.4 Å². The first-order valence-corrected chi connectivity index (χ1v) is 7.66. The molecule has 0 saturated heterocycles. The second-order valence-corrected chi connectivity index (χ2v) is 5.15. The summed E-state index contributed by atoms with van der Waals surface area (Å²) in [5, 5.41) is 3.41. The van der Waals surface area contributed by atoms with Gasteiger partial charge in [-0.2, -0.15) is 0 Å². The van der Waals surface area contributed by atoms with Crippen molar-refractivity contribution >= 4 is 23.5 Å². The van der Waals surface area contributed by atoms with E-state index in [4.69, 9.17) is 5.53 Å². The molecule has 0 rings (SSSR count). The molecule has 0 amide bonds. The first kappa shape index (κ1) is 21.6. The van der Waals surface area contributed by atoms with Crippen molar-refractivity contribution in [2.45, 2.75) is 44.9 Å². The van der Waals surface area contributed by atoms with Gasteiger partial charge in [0.05, 0.1) is 20.1 Å². The lowest BCUT2D eigenvalue weighted by molar-refractivity contribution is -0.146. The van der Waals surface area contributed by atoms with Gasteiger partial charge < -0.3 is 9.47 Å². The molecule has 9 heteroatoms. The van der Waals surface area contributed by atoms with E-state index < -0.39 is 42.3 Å². The van der Waals surface area contributed by atoms with Crippen LogP contribution in [0.1, 0.15) is 44.9 Å². The van der Waals surface area contributed by atoms with Gasteiger partial charge in [-0.15, -0.1) is 0 Å². The number of carbonyl (C=O) groups is 4.